The van der Waals surface area contributed by atoms with Crippen molar-refractivity contribution in [2.45, 2.75) is 36.6 Å². The first-order chi connectivity index (χ1) is 9.29. The summed E-state index contributed by atoms with van der Waals surface area (Å²) in [6.07, 6.45) is 2.62. The number of aromatic nitrogens is 2. The highest BCUT2D eigenvalue weighted by molar-refractivity contribution is 7.89. The molecule has 0 spiro atoms. The van der Waals surface area contributed by atoms with Crippen LogP contribution in [-0.4, -0.2) is 18.6 Å². The van der Waals surface area contributed by atoms with E-state index in [4.69, 9.17) is 19.8 Å². The van der Waals surface area contributed by atoms with Crippen molar-refractivity contribution < 1.29 is 17.4 Å². The van der Waals surface area contributed by atoms with E-state index in [0.29, 0.717) is 5.82 Å². The summed E-state index contributed by atoms with van der Waals surface area (Å²) in [5.41, 5.74) is 5.54. The number of hydrogen-bond donors (Lipinski definition) is 2. The SMILES string of the molecule is Cc1oc(-c2nc(C3(N)CCC3)no2)cc1S(N)(=O)=O. The normalized spacial score (nSPS) is 17.9. The van der Waals surface area contributed by atoms with E-state index in [1.165, 1.54) is 13.0 Å². The van der Waals surface area contributed by atoms with Crippen LogP contribution in [0.25, 0.3) is 11.7 Å². The molecule has 0 aromatic carbocycles. The average molecular weight is 298 g/mol. The van der Waals surface area contributed by atoms with Gasteiger partial charge in [0.1, 0.15) is 10.7 Å². The first-order valence-electron chi connectivity index (χ1n) is 6.06. The fourth-order valence-electron chi connectivity index (χ4n) is 2.16. The molecule has 0 aliphatic heterocycles. The molecule has 1 saturated carbocycles. The van der Waals surface area contributed by atoms with Gasteiger partial charge in [-0.15, -0.1) is 0 Å². The number of nitrogens with two attached hydrogens (primary N) is 2. The highest BCUT2D eigenvalue weighted by Crippen LogP contribution is 2.38. The summed E-state index contributed by atoms with van der Waals surface area (Å²) in [5.74, 6) is 0.834. The predicted octanol–water partition coefficient (Wildman–Crippen LogP) is 0.623. The van der Waals surface area contributed by atoms with Gasteiger partial charge in [0.15, 0.2) is 11.6 Å². The van der Waals surface area contributed by atoms with Gasteiger partial charge in [0.25, 0.3) is 5.89 Å². The van der Waals surface area contributed by atoms with Crippen molar-refractivity contribution in [2.24, 2.45) is 10.9 Å². The first-order valence-corrected chi connectivity index (χ1v) is 7.61. The van der Waals surface area contributed by atoms with Crippen LogP contribution in [0.3, 0.4) is 0 Å². The summed E-state index contributed by atoms with van der Waals surface area (Å²) in [4.78, 5) is 4.08. The molecular weight excluding hydrogens is 284 g/mol. The molecule has 1 aliphatic carbocycles. The van der Waals surface area contributed by atoms with Crippen LogP contribution in [0.4, 0.5) is 0 Å². The molecule has 1 aliphatic rings. The monoisotopic (exact) mass is 298 g/mol. The molecule has 20 heavy (non-hydrogen) atoms. The highest BCUT2D eigenvalue weighted by atomic mass is 32.2. The first kappa shape index (κ1) is 13.3. The lowest BCUT2D eigenvalue weighted by molar-refractivity contribution is 0.229. The van der Waals surface area contributed by atoms with Crippen molar-refractivity contribution in [2.75, 3.05) is 0 Å². The second-order valence-corrected chi connectivity index (χ2v) is 6.54. The van der Waals surface area contributed by atoms with Crippen molar-refractivity contribution in [3.63, 3.8) is 0 Å². The fraction of sp³-hybridized carbons (Fsp3) is 0.455. The molecular formula is C11H14N4O4S. The molecule has 2 aromatic rings. The number of rotatable bonds is 3. The number of primary sulfonamides is 1. The van der Waals surface area contributed by atoms with Crippen molar-refractivity contribution in [3.8, 4) is 11.7 Å². The lowest BCUT2D eigenvalue weighted by Crippen LogP contribution is -2.44. The molecule has 3 rings (SSSR count). The van der Waals surface area contributed by atoms with Gasteiger partial charge in [0, 0.05) is 6.07 Å². The number of aryl methyl sites for hydroxylation is 1. The van der Waals surface area contributed by atoms with E-state index in [0.717, 1.165) is 19.3 Å². The second-order valence-electron chi connectivity index (χ2n) is 5.01. The maximum atomic E-state index is 11.3. The lowest BCUT2D eigenvalue weighted by Gasteiger charge is -2.34. The van der Waals surface area contributed by atoms with Gasteiger partial charge in [0.2, 0.25) is 10.0 Å². The molecule has 0 saturated heterocycles. The van der Waals surface area contributed by atoms with Gasteiger partial charge < -0.3 is 14.7 Å². The third kappa shape index (κ3) is 2.03. The van der Waals surface area contributed by atoms with Crippen LogP contribution >= 0.6 is 0 Å². The van der Waals surface area contributed by atoms with Gasteiger partial charge in [-0.05, 0) is 26.2 Å². The Labute approximate surface area is 115 Å². The van der Waals surface area contributed by atoms with Crippen LogP contribution in [0, 0.1) is 6.92 Å². The average Bonchev–Trinajstić information content (AvgIpc) is 2.90. The van der Waals surface area contributed by atoms with E-state index in [1.54, 1.807) is 0 Å². The maximum absolute atomic E-state index is 11.3. The van der Waals surface area contributed by atoms with Crippen LogP contribution in [-0.2, 0) is 15.6 Å². The Balaban J connectivity index is 1.98. The third-order valence-corrected chi connectivity index (χ3v) is 4.53. The lowest BCUT2D eigenvalue weighted by atomic mass is 9.77. The molecule has 0 amide bonds. The summed E-state index contributed by atoms with van der Waals surface area (Å²) in [6, 6.07) is 1.27. The van der Waals surface area contributed by atoms with Crippen LogP contribution in [0.1, 0.15) is 30.8 Å². The van der Waals surface area contributed by atoms with Gasteiger partial charge >= 0.3 is 0 Å². The molecule has 2 aromatic heterocycles. The molecule has 0 unspecified atom stereocenters. The zero-order valence-corrected chi connectivity index (χ0v) is 11.6. The van der Waals surface area contributed by atoms with E-state index in [2.05, 4.69) is 10.1 Å². The van der Waals surface area contributed by atoms with E-state index >= 15 is 0 Å². The van der Waals surface area contributed by atoms with E-state index in [-0.39, 0.29) is 22.3 Å². The summed E-state index contributed by atoms with van der Waals surface area (Å²) in [6.45, 7) is 1.50. The zero-order valence-electron chi connectivity index (χ0n) is 10.8. The van der Waals surface area contributed by atoms with E-state index < -0.39 is 15.6 Å². The van der Waals surface area contributed by atoms with Crippen molar-refractivity contribution in [1.29, 1.82) is 0 Å². The van der Waals surface area contributed by atoms with Crippen molar-refractivity contribution >= 4 is 10.0 Å². The Morgan fingerprint density at radius 2 is 2.10 bits per heavy atom. The minimum Gasteiger partial charge on any atom is -0.455 e. The number of hydrogen-bond acceptors (Lipinski definition) is 7. The fourth-order valence-corrected chi connectivity index (χ4v) is 2.87. The van der Waals surface area contributed by atoms with Gasteiger partial charge in [-0.1, -0.05) is 5.16 Å². The predicted molar refractivity (Wildman–Crippen MR) is 67.8 cm³/mol. The Kier molecular flexibility index (Phi) is 2.75. The van der Waals surface area contributed by atoms with Crippen LogP contribution in [0.15, 0.2) is 19.9 Å². The topological polar surface area (TPSA) is 138 Å². The molecule has 108 valence electrons. The maximum Gasteiger partial charge on any atom is 0.293 e. The molecule has 0 atom stereocenters. The quantitative estimate of drug-likeness (QED) is 0.846. The van der Waals surface area contributed by atoms with Gasteiger partial charge in [-0.2, -0.15) is 4.98 Å². The summed E-state index contributed by atoms with van der Waals surface area (Å²) in [7, 11) is -3.84. The Hall–Kier alpha value is -1.71. The van der Waals surface area contributed by atoms with Gasteiger partial charge in [-0.3, -0.25) is 0 Å². The van der Waals surface area contributed by atoms with Crippen LogP contribution in [0.2, 0.25) is 0 Å². The molecule has 0 radical (unpaired) electrons. The number of sulfonamides is 1. The Morgan fingerprint density at radius 1 is 1.40 bits per heavy atom. The standard InChI is InChI=1S/C11H14N4O4S/c1-6-8(20(13,16)17)5-7(18-6)9-14-10(15-19-9)11(12)3-2-4-11/h5H,2-4,12H2,1H3,(H2,13,16,17). The third-order valence-electron chi connectivity index (χ3n) is 3.51. The Morgan fingerprint density at radius 3 is 2.60 bits per heavy atom. The van der Waals surface area contributed by atoms with Crippen LogP contribution < -0.4 is 10.9 Å². The minimum atomic E-state index is -3.84. The zero-order chi connectivity index (χ0) is 14.5. The minimum absolute atomic E-state index is 0.0923. The molecule has 1 fully saturated rings. The molecule has 9 heteroatoms. The van der Waals surface area contributed by atoms with Crippen molar-refractivity contribution in [1.82, 2.24) is 10.1 Å². The highest BCUT2D eigenvalue weighted by Gasteiger charge is 2.39. The largest absolute Gasteiger partial charge is 0.455 e. The summed E-state index contributed by atoms with van der Waals surface area (Å²) < 4.78 is 33.1. The molecule has 8 nitrogen and oxygen atoms in total. The summed E-state index contributed by atoms with van der Waals surface area (Å²) in [5, 5.41) is 8.92. The molecule has 4 N–H and O–H groups in total. The number of nitrogens with zero attached hydrogens (tertiary/aromatic N) is 2. The van der Waals surface area contributed by atoms with Crippen molar-refractivity contribution in [3.05, 3.63) is 17.7 Å². The van der Waals surface area contributed by atoms with Crippen LogP contribution in [0.5, 0.6) is 0 Å². The van der Waals surface area contributed by atoms with E-state index in [1.807, 2.05) is 0 Å². The smallest absolute Gasteiger partial charge is 0.293 e. The Bertz CT molecular complexity index is 757. The second kappa shape index (κ2) is 4.14. The number of furan rings is 1. The van der Waals surface area contributed by atoms with Gasteiger partial charge in [-0.25, -0.2) is 13.6 Å². The summed E-state index contributed by atoms with van der Waals surface area (Å²) >= 11 is 0. The van der Waals surface area contributed by atoms with Gasteiger partial charge in [0.05, 0.1) is 5.54 Å². The van der Waals surface area contributed by atoms with E-state index in [9.17, 15) is 8.42 Å². The molecule has 0 bridgehead atoms. The molecule has 2 heterocycles.